The van der Waals surface area contributed by atoms with Crippen LogP contribution >= 0.6 is 12.2 Å². The Kier molecular flexibility index (Phi) is 6.20. The normalized spacial score (nSPS) is 11.1. The van der Waals surface area contributed by atoms with Crippen LogP contribution in [0.25, 0.3) is 0 Å². The topological polar surface area (TPSA) is 45.6 Å². The minimum Gasteiger partial charge on any atom is -0.497 e. The van der Waals surface area contributed by atoms with Crippen LogP contribution in [0, 0.1) is 11.6 Å². The van der Waals surface area contributed by atoms with E-state index in [2.05, 4.69) is 15.8 Å². The molecule has 0 aliphatic carbocycles. The number of methoxy groups -OCH3 is 1. The lowest BCUT2D eigenvalue weighted by Crippen LogP contribution is -2.32. The Morgan fingerprint density at radius 2 is 1.88 bits per heavy atom. The highest BCUT2D eigenvalue weighted by Crippen LogP contribution is 2.11. The van der Waals surface area contributed by atoms with Gasteiger partial charge in [-0.15, -0.1) is 0 Å². The number of hydrazone groups is 1. The smallest absolute Gasteiger partial charge is 0.187 e. The molecule has 0 aromatic heterocycles. The fourth-order valence-electron chi connectivity index (χ4n) is 1.94. The van der Waals surface area contributed by atoms with Crippen molar-refractivity contribution in [1.29, 1.82) is 0 Å². The number of rotatable bonds is 5. The lowest BCUT2D eigenvalue weighted by molar-refractivity contribution is 0.414. The molecule has 0 heterocycles. The third-order valence-electron chi connectivity index (χ3n) is 3.26. The largest absolute Gasteiger partial charge is 0.497 e. The molecule has 0 saturated heterocycles. The van der Waals surface area contributed by atoms with E-state index >= 15 is 0 Å². The molecule has 0 atom stereocenters. The zero-order valence-corrected chi connectivity index (χ0v) is 14.1. The minimum atomic E-state index is -0.671. The highest BCUT2D eigenvalue weighted by Gasteiger charge is 2.07. The van der Waals surface area contributed by atoms with Gasteiger partial charge in [0.1, 0.15) is 17.4 Å². The van der Waals surface area contributed by atoms with Gasteiger partial charge in [0.2, 0.25) is 0 Å². The molecule has 24 heavy (non-hydrogen) atoms. The van der Waals surface area contributed by atoms with Crippen LogP contribution in [0.3, 0.4) is 0 Å². The molecule has 0 spiro atoms. The molecule has 2 N–H and O–H groups in total. The summed E-state index contributed by atoms with van der Waals surface area (Å²) in [6, 6.07) is 10.9. The van der Waals surface area contributed by atoms with E-state index in [0.717, 1.165) is 17.4 Å². The van der Waals surface area contributed by atoms with Crippen molar-refractivity contribution in [2.75, 3.05) is 7.11 Å². The molecule has 0 aliphatic rings. The molecule has 0 amide bonds. The number of hydrogen-bond donors (Lipinski definition) is 2. The lowest BCUT2D eigenvalue weighted by atomic mass is 10.1. The average molecular weight is 349 g/mol. The molecule has 0 fully saturated rings. The van der Waals surface area contributed by atoms with Gasteiger partial charge in [-0.1, -0.05) is 12.1 Å². The molecule has 7 heteroatoms. The number of benzene rings is 2. The van der Waals surface area contributed by atoms with Crippen LogP contribution in [0.4, 0.5) is 8.78 Å². The number of nitrogens with one attached hydrogen (secondary N) is 2. The van der Waals surface area contributed by atoms with Gasteiger partial charge in [0, 0.05) is 18.2 Å². The predicted octanol–water partition coefficient (Wildman–Crippen LogP) is 3.36. The van der Waals surface area contributed by atoms with Gasteiger partial charge in [-0.05, 0) is 49.0 Å². The zero-order valence-electron chi connectivity index (χ0n) is 13.3. The van der Waals surface area contributed by atoms with Crippen molar-refractivity contribution >= 4 is 23.0 Å². The number of ether oxygens (including phenoxy) is 1. The van der Waals surface area contributed by atoms with Crippen molar-refractivity contribution < 1.29 is 13.5 Å². The Bertz CT molecular complexity index is 748. The Hall–Kier alpha value is -2.54. The minimum absolute atomic E-state index is 0.210. The fraction of sp³-hybridized carbons (Fsp3) is 0.176. The molecule has 2 aromatic carbocycles. The highest BCUT2D eigenvalue weighted by atomic mass is 32.1. The second-order valence-corrected chi connectivity index (χ2v) is 5.37. The SMILES string of the molecule is COc1ccc(CNC(=S)N/N=C(/C)c2ccc(F)cc2F)cc1. The van der Waals surface area contributed by atoms with Gasteiger partial charge < -0.3 is 10.1 Å². The quantitative estimate of drug-likeness (QED) is 0.494. The number of thiocarbonyl (C=S) groups is 1. The maximum Gasteiger partial charge on any atom is 0.187 e. The molecule has 4 nitrogen and oxygen atoms in total. The van der Waals surface area contributed by atoms with Gasteiger partial charge in [0.05, 0.1) is 12.8 Å². The summed E-state index contributed by atoms with van der Waals surface area (Å²) in [5.74, 6) is -0.523. The number of hydrogen-bond acceptors (Lipinski definition) is 3. The Morgan fingerprint density at radius 3 is 2.50 bits per heavy atom. The average Bonchev–Trinajstić information content (AvgIpc) is 2.58. The summed E-state index contributed by atoms with van der Waals surface area (Å²) in [5.41, 5.74) is 4.23. The molecular formula is C17H17F2N3OS. The van der Waals surface area contributed by atoms with Crippen molar-refractivity contribution in [1.82, 2.24) is 10.7 Å². The first-order valence-corrected chi connectivity index (χ1v) is 7.57. The third-order valence-corrected chi connectivity index (χ3v) is 3.49. The van der Waals surface area contributed by atoms with Crippen molar-refractivity contribution in [3.8, 4) is 5.75 Å². The monoisotopic (exact) mass is 349 g/mol. The van der Waals surface area contributed by atoms with Crippen LogP contribution in [-0.2, 0) is 6.54 Å². The zero-order chi connectivity index (χ0) is 17.5. The van der Waals surface area contributed by atoms with Gasteiger partial charge in [-0.2, -0.15) is 5.10 Å². The first-order valence-electron chi connectivity index (χ1n) is 7.16. The summed E-state index contributed by atoms with van der Waals surface area (Å²) in [5, 5.41) is 7.29. The number of halogens is 2. The molecule has 2 rings (SSSR count). The summed E-state index contributed by atoms with van der Waals surface area (Å²) in [4.78, 5) is 0. The van der Waals surface area contributed by atoms with Crippen molar-refractivity contribution in [2.45, 2.75) is 13.5 Å². The molecule has 2 aromatic rings. The summed E-state index contributed by atoms with van der Waals surface area (Å²) in [6.07, 6.45) is 0. The van der Waals surface area contributed by atoms with E-state index in [1.807, 2.05) is 24.3 Å². The van der Waals surface area contributed by atoms with Crippen molar-refractivity contribution in [3.63, 3.8) is 0 Å². The molecule has 126 valence electrons. The van der Waals surface area contributed by atoms with Gasteiger partial charge >= 0.3 is 0 Å². The first-order chi connectivity index (χ1) is 11.5. The predicted molar refractivity (Wildman–Crippen MR) is 94.1 cm³/mol. The van der Waals surface area contributed by atoms with E-state index in [-0.39, 0.29) is 5.56 Å². The highest BCUT2D eigenvalue weighted by molar-refractivity contribution is 7.80. The van der Waals surface area contributed by atoms with E-state index in [4.69, 9.17) is 17.0 Å². The third kappa shape index (κ3) is 4.99. The van der Waals surface area contributed by atoms with Crippen LogP contribution < -0.4 is 15.5 Å². The lowest BCUT2D eigenvalue weighted by Gasteiger charge is -2.09. The van der Waals surface area contributed by atoms with Crippen molar-refractivity contribution in [2.24, 2.45) is 5.10 Å². The van der Waals surface area contributed by atoms with E-state index in [9.17, 15) is 8.78 Å². The summed E-state index contributed by atoms with van der Waals surface area (Å²) < 4.78 is 31.6. The second kappa shape index (κ2) is 8.35. The van der Waals surface area contributed by atoms with Crippen molar-refractivity contribution in [3.05, 3.63) is 65.2 Å². The second-order valence-electron chi connectivity index (χ2n) is 4.96. The van der Waals surface area contributed by atoms with E-state index in [1.165, 1.54) is 12.1 Å². The van der Waals surface area contributed by atoms with Crippen LogP contribution in [-0.4, -0.2) is 17.9 Å². The van der Waals surface area contributed by atoms with Gasteiger partial charge in [0.15, 0.2) is 5.11 Å². The van der Waals surface area contributed by atoms with E-state index in [0.29, 0.717) is 17.4 Å². The Balaban J connectivity index is 1.89. The summed E-state index contributed by atoms with van der Waals surface area (Å²) >= 11 is 5.12. The van der Waals surface area contributed by atoms with Crippen LogP contribution in [0.5, 0.6) is 5.75 Å². The van der Waals surface area contributed by atoms with E-state index < -0.39 is 11.6 Å². The Morgan fingerprint density at radius 1 is 1.17 bits per heavy atom. The number of nitrogens with zero attached hydrogens (tertiary/aromatic N) is 1. The first kappa shape index (κ1) is 17.8. The fourth-order valence-corrected chi connectivity index (χ4v) is 2.06. The van der Waals surface area contributed by atoms with Gasteiger partial charge in [0.25, 0.3) is 0 Å². The molecule has 0 bridgehead atoms. The summed E-state index contributed by atoms with van der Waals surface area (Å²) in [7, 11) is 1.61. The molecule has 0 unspecified atom stereocenters. The van der Waals surface area contributed by atoms with E-state index in [1.54, 1.807) is 14.0 Å². The molecule has 0 aliphatic heterocycles. The van der Waals surface area contributed by atoms with Crippen LogP contribution in [0.2, 0.25) is 0 Å². The van der Waals surface area contributed by atoms with Gasteiger partial charge in [-0.3, -0.25) is 5.43 Å². The maximum absolute atomic E-state index is 13.6. The summed E-state index contributed by atoms with van der Waals surface area (Å²) in [6.45, 7) is 2.12. The maximum atomic E-state index is 13.6. The molecule has 0 radical (unpaired) electrons. The standard InChI is InChI=1S/C17H17F2N3OS/c1-11(15-8-5-13(18)9-16(15)19)21-22-17(24)20-10-12-3-6-14(23-2)7-4-12/h3-9H,10H2,1-2H3,(H2,20,22,24)/b21-11-. The van der Waals surface area contributed by atoms with Gasteiger partial charge in [-0.25, -0.2) is 8.78 Å². The molecule has 0 saturated carbocycles. The Labute approximate surface area is 144 Å². The van der Waals surface area contributed by atoms with Crippen LogP contribution in [0.1, 0.15) is 18.1 Å². The van der Waals surface area contributed by atoms with Crippen LogP contribution in [0.15, 0.2) is 47.6 Å². The molecular weight excluding hydrogens is 332 g/mol.